The minimum atomic E-state index is 0.717. The molecule has 0 aromatic carbocycles. The number of rotatable bonds is 5. The molecule has 0 radical (unpaired) electrons. The molecule has 1 aromatic heterocycles. The molecule has 100 valence electrons. The van der Waals surface area contributed by atoms with E-state index in [1.54, 1.807) is 0 Å². The zero-order chi connectivity index (χ0) is 12.2. The SMILES string of the molecule is c1nnc2n1CCN(CCNCC1CCOC1)C2. The molecule has 1 N–H and O–H groups in total. The molecule has 0 spiro atoms. The number of hydrogen-bond acceptors (Lipinski definition) is 5. The largest absolute Gasteiger partial charge is 0.381 e. The molecule has 6 nitrogen and oxygen atoms in total. The van der Waals surface area contributed by atoms with E-state index in [-0.39, 0.29) is 0 Å². The fraction of sp³-hybridized carbons (Fsp3) is 0.833. The summed E-state index contributed by atoms with van der Waals surface area (Å²) in [5.74, 6) is 1.81. The zero-order valence-corrected chi connectivity index (χ0v) is 10.7. The van der Waals surface area contributed by atoms with Crippen LogP contribution in [-0.4, -0.2) is 59.1 Å². The van der Waals surface area contributed by atoms with Gasteiger partial charge >= 0.3 is 0 Å². The lowest BCUT2D eigenvalue weighted by molar-refractivity contribution is 0.184. The Bertz CT molecular complexity index is 374. The highest BCUT2D eigenvalue weighted by Gasteiger charge is 2.17. The van der Waals surface area contributed by atoms with Crippen molar-refractivity contribution in [1.29, 1.82) is 0 Å². The Hall–Kier alpha value is -0.980. The van der Waals surface area contributed by atoms with Crippen LogP contribution in [-0.2, 0) is 17.8 Å². The van der Waals surface area contributed by atoms with Gasteiger partial charge in [-0.2, -0.15) is 0 Å². The van der Waals surface area contributed by atoms with E-state index in [9.17, 15) is 0 Å². The molecule has 1 saturated heterocycles. The molecule has 0 saturated carbocycles. The zero-order valence-electron chi connectivity index (χ0n) is 10.7. The van der Waals surface area contributed by atoms with E-state index in [1.165, 1.54) is 6.42 Å². The fourth-order valence-electron chi connectivity index (χ4n) is 2.59. The van der Waals surface area contributed by atoms with Crippen LogP contribution in [0.25, 0.3) is 0 Å². The Morgan fingerprint density at radius 3 is 3.33 bits per heavy atom. The van der Waals surface area contributed by atoms with Crippen LogP contribution in [0.1, 0.15) is 12.2 Å². The van der Waals surface area contributed by atoms with E-state index in [2.05, 4.69) is 25.0 Å². The summed E-state index contributed by atoms with van der Waals surface area (Å²) >= 11 is 0. The summed E-state index contributed by atoms with van der Waals surface area (Å²) in [6.07, 6.45) is 3.03. The van der Waals surface area contributed by atoms with Gasteiger partial charge in [0.25, 0.3) is 0 Å². The first-order chi connectivity index (χ1) is 8.92. The summed E-state index contributed by atoms with van der Waals surface area (Å²) in [7, 11) is 0. The molecule has 0 bridgehead atoms. The van der Waals surface area contributed by atoms with Crippen LogP contribution in [0, 0.1) is 5.92 Å². The van der Waals surface area contributed by atoms with Crippen molar-refractivity contribution < 1.29 is 4.74 Å². The number of nitrogens with zero attached hydrogens (tertiary/aromatic N) is 4. The Morgan fingerprint density at radius 1 is 1.44 bits per heavy atom. The van der Waals surface area contributed by atoms with Gasteiger partial charge in [-0.05, 0) is 12.3 Å². The van der Waals surface area contributed by atoms with Gasteiger partial charge < -0.3 is 14.6 Å². The Kier molecular flexibility index (Phi) is 3.87. The van der Waals surface area contributed by atoms with Crippen molar-refractivity contribution in [2.45, 2.75) is 19.5 Å². The normalized spacial score (nSPS) is 24.3. The maximum absolute atomic E-state index is 5.37. The van der Waals surface area contributed by atoms with Gasteiger partial charge in [-0.25, -0.2) is 0 Å². The topological polar surface area (TPSA) is 55.2 Å². The molecule has 0 aliphatic carbocycles. The molecular formula is C12H21N5O. The van der Waals surface area contributed by atoms with Gasteiger partial charge in [-0.15, -0.1) is 10.2 Å². The maximum atomic E-state index is 5.37. The molecule has 6 heteroatoms. The van der Waals surface area contributed by atoms with Gasteiger partial charge in [0.15, 0.2) is 0 Å². The van der Waals surface area contributed by atoms with Crippen molar-refractivity contribution >= 4 is 0 Å². The van der Waals surface area contributed by atoms with Crippen molar-refractivity contribution in [3.63, 3.8) is 0 Å². The second-order valence-corrected chi connectivity index (χ2v) is 5.15. The number of fused-ring (bicyclic) bond motifs is 1. The second-order valence-electron chi connectivity index (χ2n) is 5.15. The van der Waals surface area contributed by atoms with Crippen molar-refractivity contribution in [3.8, 4) is 0 Å². The van der Waals surface area contributed by atoms with Crippen molar-refractivity contribution in [2.75, 3.05) is 39.4 Å². The van der Waals surface area contributed by atoms with Gasteiger partial charge in [0.05, 0.1) is 13.2 Å². The Labute approximate surface area is 107 Å². The molecular weight excluding hydrogens is 230 g/mol. The van der Waals surface area contributed by atoms with E-state index >= 15 is 0 Å². The average molecular weight is 251 g/mol. The summed E-state index contributed by atoms with van der Waals surface area (Å²) < 4.78 is 7.50. The number of nitrogens with one attached hydrogen (secondary N) is 1. The first-order valence-electron chi connectivity index (χ1n) is 6.79. The molecule has 1 atom stereocenters. The van der Waals surface area contributed by atoms with Crippen LogP contribution in [0.2, 0.25) is 0 Å². The summed E-state index contributed by atoms with van der Waals surface area (Å²) in [5, 5.41) is 11.6. The highest BCUT2D eigenvalue weighted by atomic mass is 16.5. The lowest BCUT2D eigenvalue weighted by Crippen LogP contribution is -2.39. The van der Waals surface area contributed by atoms with Crippen LogP contribution in [0.3, 0.4) is 0 Å². The second kappa shape index (κ2) is 5.77. The standard InChI is InChI=1S/C12H21N5O/c1-6-18-9-11(1)7-13-2-3-16-4-5-17-10-14-15-12(17)8-16/h10-11,13H,1-9H2. The number of aromatic nitrogens is 3. The summed E-state index contributed by atoms with van der Waals surface area (Å²) in [4.78, 5) is 2.43. The molecule has 3 rings (SSSR count). The van der Waals surface area contributed by atoms with E-state index < -0.39 is 0 Å². The smallest absolute Gasteiger partial charge is 0.147 e. The van der Waals surface area contributed by atoms with E-state index in [1.807, 2.05) is 6.33 Å². The van der Waals surface area contributed by atoms with Crippen LogP contribution in [0.15, 0.2) is 6.33 Å². The minimum absolute atomic E-state index is 0.717. The van der Waals surface area contributed by atoms with Crippen LogP contribution in [0.5, 0.6) is 0 Å². The monoisotopic (exact) mass is 251 g/mol. The third-order valence-electron chi connectivity index (χ3n) is 3.78. The molecule has 0 amide bonds. The number of ether oxygens (including phenoxy) is 1. The molecule has 1 aromatic rings. The Morgan fingerprint density at radius 2 is 2.44 bits per heavy atom. The average Bonchev–Trinajstić information content (AvgIpc) is 3.05. The summed E-state index contributed by atoms with van der Waals surface area (Å²) in [5.41, 5.74) is 0. The van der Waals surface area contributed by atoms with Gasteiger partial charge in [0.1, 0.15) is 12.2 Å². The lowest BCUT2D eigenvalue weighted by atomic mass is 10.1. The maximum Gasteiger partial charge on any atom is 0.147 e. The quantitative estimate of drug-likeness (QED) is 0.730. The third kappa shape index (κ3) is 2.88. The van der Waals surface area contributed by atoms with Crippen LogP contribution < -0.4 is 5.32 Å². The van der Waals surface area contributed by atoms with Crippen LogP contribution >= 0.6 is 0 Å². The van der Waals surface area contributed by atoms with Gasteiger partial charge in [0, 0.05) is 39.3 Å². The fourth-order valence-corrected chi connectivity index (χ4v) is 2.59. The van der Waals surface area contributed by atoms with Crippen molar-refractivity contribution in [1.82, 2.24) is 25.0 Å². The molecule has 1 unspecified atom stereocenters. The molecule has 18 heavy (non-hydrogen) atoms. The van der Waals surface area contributed by atoms with E-state index in [0.717, 1.165) is 64.2 Å². The molecule has 3 heterocycles. The lowest BCUT2D eigenvalue weighted by Gasteiger charge is -2.27. The predicted molar refractivity (Wildman–Crippen MR) is 67.1 cm³/mol. The molecule has 2 aliphatic heterocycles. The van der Waals surface area contributed by atoms with Crippen molar-refractivity contribution in [3.05, 3.63) is 12.2 Å². The summed E-state index contributed by atoms with van der Waals surface area (Å²) in [6, 6.07) is 0. The predicted octanol–water partition coefficient (Wildman–Crippen LogP) is -0.280. The summed E-state index contributed by atoms with van der Waals surface area (Å²) in [6.45, 7) is 8.12. The highest BCUT2D eigenvalue weighted by Crippen LogP contribution is 2.11. The van der Waals surface area contributed by atoms with Crippen molar-refractivity contribution in [2.24, 2.45) is 5.92 Å². The first-order valence-corrected chi connectivity index (χ1v) is 6.79. The number of hydrogen-bond donors (Lipinski definition) is 1. The third-order valence-corrected chi connectivity index (χ3v) is 3.78. The van der Waals surface area contributed by atoms with Gasteiger partial charge in [-0.3, -0.25) is 4.90 Å². The van der Waals surface area contributed by atoms with E-state index in [4.69, 9.17) is 4.74 Å². The van der Waals surface area contributed by atoms with Gasteiger partial charge in [0.2, 0.25) is 0 Å². The van der Waals surface area contributed by atoms with Gasteiger partial charge in [-0.1, -0.05) is 0 Å². The highest BCUT2D eigenvalue weighted by molar-refractivity contribution is 4.89. The molecule has 2 aliphatic rings. The van der Waals surface area contributed by atoms with Crippen LogP contribution in [0.4, 0.5) is 0 Å². The Balaban J connectivity index is 1.34. The minimum Gasteiger partial charge on any atom is -0.381 e. The first kappa shape index (κ1) is 12.1. The molecule has 1 fully saturated rings. The van der Waals surface area contributed by atoms with E-state index in [0.29, 0.717) is 0 Å².